The summed E-state index contributed by atoms with van der Waals surface area (Å²) in [6, 6.07) is 11.4. The number of carbonyl (C=O) groups is 1. The van der Waals surface area contributed by atoms with Crippen LogP contribution in [0.15, 0.2) is 46.9 Å². The van der Waals surface area contributed by atoms with Gasteiger partial charge in [-0.15, -0.1) is 0 Å². The van der Waals surface area contributed by atoms with Gasteiger partial charge in [-0.3, -0.25) is 4.79 Å². The zero-order valence-electron chi connectivity index (χ0n) is 9.21. The molecule has 2 aromatic carbocycles. The molecule has 0 atom stereocenters. The highest BCUT2D eigenvalue weighted by Gasteiger charge is 2.13. The minimum atomic E-state index is -0.491. The van der Waals surface area contributed by atoms with Gasteiger partial charge in [-0.05, 0) is 42.8 Å². The van der Waals surface area contributed by atoms with Crippen molar-refractivity contribution in [1.29, 1.82) is 0 Å². The van der Waals surface area contributed by atoms with Crippen molar-refractivity contribution < 1.29 is 9.18 Å². The Hall–Kier alpha value is -1.48. The van der Waals surface area contributed by atoms with E-state index >= 15 is 0 Å². The van der Waals surface area contributed by atoms with E-state index in [2.05, 4.69) is 15.9 Å². The van der Waals surface area contributed by atoms with Gasteiger partial charge in [0.15, 0.2) is 5.78 Å². The summed E-state index contributed by atoms with van der Waals surface area (Å²) in [4.78, 5) is 12.1. The van der Waals surface area contributed by atoms with Crippen molar-refractivity contribution in [2.24, 2.45) is 0 Å². The van der Waals surface area contributed by atoms with Gasteiger partial charge in [0, 0.05) is 10.0 Å². The van der Waals surface area contributed by atoms with Gasteiger partial charge in [-0.25, -0.2) is 4.39 Å². The molecule has 1 nitrogen and oxygen atoms in total. The molecule has 0 spiro atoms. The smallest absolute Gasteiger partial charge is 0.196 e. The topological polar surface area (TPSA) is 17.1 Å². The second kappa shape index (κ2) is 4.80. The Morgan fingerprint density at radius 2 is 1.88 bits per heavy atom. The molecule has 0 heterocycles. The van der Waals surface area contributed by atoms with Crippen LogP contribution in [0.4, 0.5) is 4.39 Å². The van der Waals surface area contributed by atoms with Gasteiger partial charge in [0.05, 0.1) is 5.56 Å². The lowest BCUT2D eigenvalue weighted by atomic mass is 10.0. The van der Waals surface area contributed by atoms with Crippen molar-refractivity contribution in [2.75, 3.05) is 0 Å². The maximum absolute atomic E-state index is 13.5. The molecule has 2 aromatic rings. The number of benzene rings is 2. The molecule has 0 aliphatic rings. The lowest BCUT2D eigenvalue weighted by Gasteiger charge is -2.04. The van der Waals surface area contributed by atoms with Gasteiger partial charge in [0.1, 0.15) is 5.82 Å². The maximum atomic E-state index is 13.5. The first-order valence-electron chi connectivity index (χ1n) is 5.14. The van der Waals surface area contributed by atoms with Crippen molar-refractivity contribution >= 4 is 21.7 Å². The normalized spacial score (nSPS) is 10.3. The molecule has 0 radical (unpaired) electrons. The molecule has 0 aliphatic heterocycles. The van der Waals surface area contributed by atoms with Crippen LogP contribution in [0.25, 0.3) is 0 Å². The SMILES string of the molecule is Cc1cc(Br)cc(C(=O)c2ccccc2F)c1. The number of carbonyl (C=O) groups excluding carboxylic acids is 1. The van der Waals surface area contributed by atoms with E-state index in [0.29, 0.717) is 5.56 Å². The Bertz CT molecular complexity index is 558. The summed E-state index contributed by atoms with van der Waals surface area (Å²) in [5.74, 6) is -0.789. The van der Waals surface area contributed by atoms with Crippen LogP contribution >= 0.6 is 15.9 Å². The summed E-state index contributed by atoms with van der Waals surface area (Å²) < 4.78 is 14.3. The molecule has 0 amide bonds. The van der Waals surface area contributed by atoms with Crippen LogP contribution < -0.4 is 0 Å². The van der Waals surface area contributed by atoms with E-state index in [4.69, 9.17) is 0 Å². The monoisotopic (exact) mass is 292 g/mol. The van der Waals surface area contributed by atoms with Gasteiger partial charge in [0.25, 0.3) is 0 Å². The van der Waals surface area contributed by atoms with Crippen LogP contribution in [-0.2, 0) is 0 Å². The number of hydrogen-bond donors (Lipinski definition) is 0. The van der Waals surface area contributed by atoms with E-state index in [1.54, 1.807) is 24.3 Å². The second-order valence-corrected chi connectivity index (χ2v) is 4.74. The predicted octanol–water partition coefficient (Wildman–Crippen LogP) is 4.13. The van der Waals surface area contributed by atoms with Crippen molar-refractivity contribution in [1.82, 2.24) is 0 Å². The Morgan fingerprint density at radius 3 is 2.53 bits per heavy atom. The van der Waals surface area contributed by atoms with Crippen LogP contribution in [-0.4, -0.2) is 5.78 Å². The van der Waals surface area contributed by atoms with Crippen LogP contribution in [0.2, 0.25) is 0 Å². The molecule has 17 heavy (non-hydrogen) atoms. The Kier molecular flexibility index (Phi) is 3.38. The first kappa shape index (κ1) is 12.0. The summed E-state index contributed by atoms with van der Waals surface area (Å²) in [6.07, 6.45) is 0. The fourth-order valence-electron chi connectivity index (χ4n) is 1.67. The third-order valence-corrected chi connectivity index (χ3v) is 2.88. The van der Waals surface area contributed by atoms with Crippen LogP contribution in [0, 0.1) is 12.7 Å². The molecule has 86 valence electrons. The summed E-state index contributed by atoms with van der Waals surface area (Å²) >= 11 is 3.33. The first-order chi connectivity index (χ1) is 8.08. The maximum Gasteiger partial charge on any atom is 0.196 e. The highest BCUT2D eigenvalue weighted by molar-refractivity contribution is 9.10. The summed E-state index contributed by atoms with van der Waals surface area (Å²) in [6.45, 7) is 1.89. The van der Waals surface area contributed by atoms with Gasteiger partial charge in [-0.2, -0.15) is 0 Å². The molecule has 0 N–H and O–H groups in total. The van der Waals surface area contributed by atoms with Crippen molar-refractivity contribution in [2.45, 2.75) is 6.92 Å². The highest BCUT2D eigenvalue weighted by atomic mass is 79.9. The minimum Gasteiger partial charge on any atom is -0.288 e. The number of rotatable bonds is 2. The number of ketones is 1. The molecule has 0 unspecified atom stereocenters. The fraction of sp³-hybridized carbons (Fsp3) is 0.0714. The van der Waals surface area contributed by atoms with Gasteiger partial charge in [0.2, 0.25) is 0 Å². The van der Waals surface area contributed by atoms with E-state index in [9.17, 15) is 9.18 Å². The fourth-order valence-corrected chi connectivity index (χ4v) is 2.28. The van der Waals surface area contributed by atoms with E-state index < -0.39 is 5.82 Å². The largest absolute Gasteiger partial charge is 0.288 e. The van der Waals surface area contributed by atoms with E-state index in [1.165, 1.54) is 12.1 Å². The summed E-state index contributed by atoms with van der Waals surface area (Å²) in [5, 5.41) is 0. The molecule has 0 fully saturated rings. The lowest BCUT2D eigenvalue weighted by Crippen LogP contribution is -2.04. The van der Waals surface area contributed by atoms with Crippen LogP contribution in [0.5, 0.6) is 0 Å². The molecule has 2 rings (SSSR count). The number of aryl methyl sites for hydroxylation is 1. The lowest BCUT2D eigenvalue weighted by molar-refractivity contribution is 0.103. The molecular weight excluding hydrogens is 283 g/mol. The second-order valence-electron chi connectivity index (χ2n) is 3.83. The summed E-state index contributed by atoms with van der Waals surface area (Å²) in [7, 11) is 0. The van der Waals surface area contributed by atoms with Crippen molar-refractivity contribution in [3.05, 3.63) is 69.4 Å². The molecule has 0 aliphatic carbocycles. The average molecular weight is 293 g/mol. The quantitative estimate of drug-likeness (QED) is 0.761. The van der Waals surface area contributed by atoms with Crippen LogP contribution in [0.3, 0.4) is 0 Å². The molecule has 3 heteroatoms. The molecule has 0 aromatic heterocycles. The third kappa shape index (κ3) is 2.61. The van der Waals surface area contributed by atoms with Gasteiger partial charge >= 0.3 is 0 Å². The van der Waals surface area contributed by atoms with E-state index in [0.717, 1.165) is 10.0 Å². The van der Waals surface area contributed by atoms with Crippen molar-refractivity contribution in [3.63, 3.8) is 0 Å². The van der Waals surface area contributed by atoms with Crippen molar-refractivity contribution in [3.8, 4) is 0 Å². The summed E-state index contributed by atoms with van der Waals surface area (Å²) in [5.41, 5.74) is 1.55. The van der Waals surface area contributed by atoms with Crippen LogP contribution in [0.1, 0.15) is 21.5 Å². The number of hydrogen-bond acceptors (Lipinski definition) is 1. The minimum absolute atomic E-state index is 0.102. The molecule has 0 saturated heterocycles. The van der Waals surface area contributed by atoms with Gasteiger partial charge in [-0.1, -0.05) is 28.1 Å². The highest BCUT2D eigenvalue weighted by Crippen LogP contribution is 2.19. The zero-order chi connectivity index (χ0) is 12.4. The Balaban J connectivity index is 2.48. The van der Waals surface area contributed by atoms with Gasteiger partial charge < -0.3 is 0 Å². The Labute approximate surface area is 107 Å². The predicted molar refractivity (Wildman–Crippen MR) is 68.7 cm³/mol. The zero-order valence-corrected chi connectivity index (χ0v) is 10.8. The van der Waals surface area contributed by atoms with E-state index in [-0.39, 0.29) is 11.3 Å². The first-order valence-corrected chi connectivity index (χ1v) is 5.93. The average Bonchev–Trinajstić information content (AvgIpc) is 2.27. The third-order valence-electron chi connectivity index (χ3n) is 2.42. The standard InChI is InChI=1S/C14H10BrFO/c1-9-6-10(8-11(15)7-9)14(17)12-4-2-3-5-13(12)16/h2-8H,1H3. The number of halogens is 2. The Morgan fingerprint density at radius 1 is 1.18 bits per heavy atom. The molecule has 0 saturated carbocycles. The molecule has 0 bridgehead atoms. The molecular formula is C14H10BrFO. The van der Waals surface area contributed by atoms with E-state index in [1.807, 2.05) is 13.0 Å².